The molecular formula is C13H20N4O4. The molecule has 116 valence electrons. The Kier molecular flexibility index (Phi) is 4.59. The molecule has 2 heterocycles. The number of rotatable bonds is 4. The average molecular weight is 296 g/mol. The molecule has 8 heteroatoms. The van der Waals surface area contributed by atoms with Crippen LogP contribution in [0, 0.1) is 13.8 Å². The van der Waals surface area contributed by atoms with Crippen molar-refractivity contribution in [3.8, 4) is 0 Å². The molecule has 21 heavy (non-hydrogen) atoms. The molecule has 0 aromatic carbocycles. The number of aryl methyl sites for hydroxylation is 2. The van der Waals surface area contributed by atoms with E-state index >= 15 is 0 Å². The van der Waals surface area contributed by atoms with Crippen LogP contribution in [0.25, 0.3) is 0 Å². The Labute approximate surface area is 122 Å². The monoisotopic (exact) mass is 296 g/mol. The number of nitrogens with zero attached hydrogens (tertiary/aromatic N) is 3. The standard InChI is InChI=1S/C13H20N4O4/c1-8-12(9(2)16(3)15-8)14-11(18)7-17-4-5-21-10(6-17)13(19)20/h10H,4-7H2,1-3H3,(H,14,18)(H,19,20). The first-order valence-corrected chi connectivity index (χ1v) is 6.75. The Morgan fingerprint density at radius 1 is 1.48 bits per heavy atom. The molecule has 0 saturated carbocycles. The predicted molar refractivity (Wildman–Crippen MR) is 75.1 cm³/mol. The summed E-state index contributed by atoms with van der Waals surface area (Å²) < 4.78 is 6.83. The summed E-state index contributed by atoms with van der Waals surface area (Å²) in [5.41, 5.74) is 2.35. The van der Waals surface area contributed by atoms with Crippen molar-refractivity contribution in [1.29, 1.82) is 0 Å². The first-order chi connectivity index (χ1) is 9.88. The highest BCUT2D eigenvalue weighted by Crippen LogP contribution is 2.18. The number of amides is 1. The number of ether oxygens (including phenoxy) is 1. The van der Waals surface area contributed by atoms with E-state index in [2.05, 4.69) is 10.4 Å². The van der Waals surface area contributed by atoms with E-state index < -0.39 is 12.1 Å². The lowest BCUT2D eigenvalue weighted by Crippen LogP contribution is -2.48. The quantitative estimate of drug-likeness (QED) is 0.796. The highest BCUT2D eigenvalue weighted by Gasteiger charge is 2.27. The van der Waals surface area contributed by atoms with Gasteiger partial charge in [0, 0.05) is 20.1 Å². The lowest BCUT2D eigenvalue weighted by Gasteiger charge is -2.30. The molecule has 1 fully saturated rings. The first kappa shape index (κ1) is 15.5. The zero-order valence-corrected chi connectivity index (χ0v) is 12.4. The number of carbonyl (C=O) groups is 2. The minimum absolute atomic E-state index is 0.140. The second kappa shape index (κ2) is 6.23. The van der Waals surface area contributed by atoms with Crippen molar-refractivity contribution in [2.45, 2.75) is 20.0 Å². The molecule has 0 radical (unpaired) electrons. The van der Waals surface area contributed by atoms with Gasteiger partial charge in [-0.15, -0.1) is 0 Å². The third-order valence-corrected chi connectivity index (χ3v) is 3.57. The first-order valence-electron chi connectivity index (χ1n) is 6.75. The van der Waals surface area contributed by atoms with Crippen molar-refractivity contribution in [3.05, 3.63) is 11.4 Å². The van der Waals surface area contributed by atoms with Crippen LogP contribution in [0.5, 0.6) is 0 Å². The minimum Gasteiger partial charge on any atom is -0.479 e. The van der Waals surface area contributed by atoms with Crippen molar-refractivity contribution in [2.24, 2.45) is 7.05 Å². The third-order valence-electron chi connectivity index (χ3n) is 3.57. The van der Waals surface area contributed by atoms with Crippen LogP contribution >= 0.6 is 0 Å². The molecule has 1 aliphatic rings. The second-order valence-corrected chi connectivity index (χ2v) is 5.15. The summed E-state index contributed by atoms with van der Waals surface area (Å²) >= 11 is 0. The number of hydrogen-bond acceptors (Lipinski definition) is 5. The van der Waals surface area contributed by atoms with Crippen LogP contribution in [-0.2, 0) is 21.4 Å². The van der Waals surface area contributed by atoms with E-state index in [-0.39, 0.29) is 19.0 Å². The molecule has 1 atom stereocenters. The second-order valence-electron chi connectivity index (χ2n) is 5.15. The Balaban J connectivity index is 1.94. The van der Waals surface area contributed by atoms with Crippen molar-refractivity contribution in [2.75, 3.05) is 31.6 Å². The van der Waals surface area contributed by atoms with E-state index in [9.17, 15) is 9.59 Å². The number of aliphatic carboxylic acids is 1. The molecule has 0 spiro atoms. The summed E-state index contributed by atoms with van der Waals surface area (Å²) in [7, 11) is 1.82. The van der Waals surface area contributed by atoms with Gasteiger partial charge in [-0.3, -0.25) is 14.4 Å². The van der Waals surface area contributed by atoms with Gasteiger partial charge in [-0.25, -0.2) is 4.79 Å². The Morgan fingerprint density at radius 2 is 2.19 bits per heavy atom. The molecule has 1 aromatic heterocycles. The largest absolute Gasteiger partial charge is 0.479 e. The van der Waals surface area contributed by atoms with Crippen molar-refractivity contribution in [3.63, 3.8) is 0 Å². The number of nitrogens with one attached hydrogen (secondary N) is 1. The van der Waals surface area contributed by atoms with Gasteiger partial charge in [0.2, 0.25) is 5.91 Å². The predicted octanol–water partition coefficient (Wildman–Crippen LogP) is -0.239. The van der Waals surface area contributed by atoms with Crippen LogP contribution in [0.4, 0.5) is 5.69 Å². The van der Waals surface area contributed by atoms with E-state index in [1.165, 1.54) is 0 Å². The van der Waals surface area contributed by atoms with Crippen molar-refractivity contribution >= 4 is 17.6 Å². The molecule has 0 bridgehead atoms. The van der Waals surface area contributed by atoms with Gasteiger partial charge in [0.05, 0.1) is 30.2 Å². The maximum Gasteiger partial charge on any atom is 0.334 e. The Hall–Kier alpha value is -1.93. The van der Waals surface area contributed by atoms with Crippen LogP contribution in [0.15, 0.2) is 0 Å². The van der Waals surface area contributed by atoms with Gasteiger partial charge in [-0.05, 0) is 13.8 Å². The van der Waals surface area contributed by atoms with Crippen LogP contribution in [0.2, 0.25) is 0 Å². The van der Waals surface area contributed by atoms with Crippen LogP contribution in [0.1, 0.15) is 11.4 Å². The van der Waals surface area contributed by atoms with Gasteiger partial charge in [0.15, 0.2) is 6.10 Å². The zero-order chi connectivity index (χ0) is 15.6. The molecule has 0 aliphatic carbocycles. The van der Waals surface area contributed by atoms with Crippen LogP contribution in [-0.4, -0.2) is 64.0 Å². The summed E-state index contributed by atoms with van der Waals surface area (Å²) in [5, 5.41) is 16.0. The van der Waals surface area contributed by atoms with E-state index in [1.807, 2.05) is 20.9 Å². The van der Waals surface area contributed by atoms with Gasteiger partial charge in [0.25, 0.3) is 0 Å². The van der Waals surface area contributed by atoms with Gasteiger partial charge in [-0.1, -0.05) is 0 Å². The molecule has 8 nitrogen and oxygen atoms in total. The maximum absolute atomic E-state index is 12.1. The van der Waals surface area contributed by atoms with E-state index in [0.29, 0.717) is 18.8 Å². The van der Waals surface area contributed by atoms with Crippen molar-refractivity contribution < 1.29 is 19.4 Å². The normalized spacial score (nSPS) is 19.5. The SMILES string of the molecule is Cc1nn(C)c(C)c1NC(=O)CN1CCOC(C(=O)O)C1. The van der Waals surface area contributed by atoms with E-state index in [1.54, 1.807) is 9.58 Å². The lowest BCUT2D eigenvalue weighted by atomic mass is 10.2. The molecule has 2 rings (SSSR count). The van der Waals surface area contributed by atoms with Crippen LogP contribution in [0.3, 0.4) is 0 Å². The molecule has 1 amide bonds. The van der Waals surface area contributed by atoms with Gasteiger partial charge in [-0.2, -0.15) is 5.10 Å². The van der Waals surface area contributed by atoms with Crippen molar-refractivity contribution in [1.82, 2.24) is 14.7 Å². The number of carbonyl (C=O) groups excluding carboxylic acids is 1. The maximum atomic E-state index is 12.1. The number of carboxylic acid groups (broad SMARTS) is 1. The molecular weight excluding hydrogens is 276 g/mol. The number of hydrogen-bond donors (Lipinski definition) is 2. The number of carboxylic acids is 1. The highest BCUT2D eigenvalue weighted by atomic mass is 16.5. The molecule has 1 aromatic rings. The number of anilines is 1. The summed E-state index contributed by atoms with van der Waals surface area (Å²) in [6.07, 6.45) is -0.867. The molecule has 1 aliphatic heterocycles. The van der Waals surface area contributed by atoms with Gasteiger partial charge >= 0.3 is 5.97 Å². The fourth-order valence-corrected chi connectivity index (χ4v) is 2.33. The van der Waals surface area contributed by atoms with Gasteiger partial charge in [0.1, 0.15) is 0 Å². The molecule has 2 N–H and O–H groups in total. The van der Waals surface area contributed by atoms with Gasteiger partial charge < -0.3 is 15.2 Å². The topological polar surface area (TPSA) is 96.7 Å². The fourth-order valence-electron chi connectivity index (χ4n) is 2.33. The lowest BCUT2D eigenvalue weighted by molar-refractivity contribution is -0.156. The van der Waals surface area contributed by atoms with Crippen LogP contribution < -0.4 is 5.32 Å². The molecule has 1 saturated heterocycles. The summed E-state index contributed by atoms with van der Waals surface area (Å²) in [5.74, 6) is -1.18. The minimum atomic E-state index is -1.00. The average Bonchev–Trinajstić information content (AvgIpc) is 2.65. The number of morpholine rings is 1. The summed E-state index contributed by atoms with van der Waals surface area (Å²) in [6, 6.07) is 0. The Bertz CT molecular complexity index is 555. The molecule has 1 unspecified atom stereocenters. The number of aromatic nitrogens is 2. The van der Waals surface area contributed by atoms with E-state index in [0.717, 1.165) is 11.4 Å². The Morgan fingerprint density at radius 3 is 2.76 bits per heavy atom. The smallest absolute Gasteiger partial charge is 0.334 e. The zero-order valence-electron chi connectivity index (χ0n) is 12.4. The summed E-state index contributed by atoms with van der Waals surface area (Å²) in [4.78, 5) is 24.8. The third kappa shape index (κ3) is 3.59. The highest BCUT2D eigenvalue weighted by molar-refractivity contribution is 5.93. The summed E-state index contributed by atoms with van der Waals surface area (Å²) in [6.45, 7) is 4.93. The van der Waals surface area contributed by atoms with E-state index in [4.69, 9.17) is 9.84 Å². The fraction of sp³-hybridized carbons (Fsp3) is 0.615.